The summed E-state index contributed by atoms with van der Waals surface area (Å²) in [7, 11) is 0. The van der Waals surface area contributed by atoms with Crippen molar-refractivity contribution in [2.45, 2.75) is 38.3 Å². The molecule has 0 radical (unpaired) electrons. The summed E-state index contributed by atoms with van der Waals surface area (Å²) in [5.41, 5.74) is 7.51. The van der Waals surface area contributed by atoms with Crippen molar-refractivity contribution in [3.05, 3.63) is 34.3 Å². The van der Waals surface area contributed by atoms with E-state index in [1.165, 1.54) is 0 Å². The van der Waals surface area contributed by atoms with Gasteiger partial charge in [0.05, 0.1) is 5.92 Å². The summed E-state index contributed by atoms with van der Waals surface area (Å²) < 4.78 is 1.04. The first-order valence-electron chi connectivity index (χ1n) is 8.91. The number of carbonyl (C=O) groups excluding carboxylic acids is 2. The fourth-order valence-corrected chi connectivity index (χ4v) is 3.83. The molecule has 0 spiro atoms. The molecule has 1 aromatic rings. The number of nitrogens with zero attached hydrogens (tertiary/aromatic N) is 1. The number of carbonyl (C=O) groups is 2. The van der Waals surface area contributed by atoms with Crippen LogP contribution in [-0.4, -0.2) is 42.4 Å². The molecule has 3 N–H and O–H groups in total. The smallest absolute Gasteiger partial charge is 0.241 e. The van der Waals surface area contributed by atoms with E-state index in [0.29, 0.717) is 19.5 Å². The van der Waals surface area contributed by atoms with E-state index in [0.717, 1.165) is 29.4 Å². The van der Waals surface area contributed by atoms with Gasteiger partial charge in [-0.2, -0.15) is 0 Å². The fraction of sp³-hybridized carbons (Fsp3) is 0.556. The lowest BCUT2D eigenvalue weighted by Crippen LogP contribution is -2.51. The van der Waals surface area contributed by atoms with Crippen LogP contribution in [0.3, 0.4) is 0 Å². The number of benzene rings is 1. The molecule has 7 heteroatoms. The van der Waals surface area contributed by atoms with Gasteiger partial charge in [-0.3, -0.25) is 9.59 Å². The largest absolute Gasteiger partial charge is 0.356 e. The van der Waals surface area contributed by atoms with Crippen LogP contribution in [0.1, 0.15) is 37.8 Å². The zero-order valence-electron chi connectivity index (χ0n) is 14.4. The molecule has 3 unspecified atom stereocenters. The third kappa shape index (κ3) is 4.40. The Hall–Kier alpha value is -1.44. The van der Waals surface area contributed by atoms with Gasteiger partial charge in [0.1, 0.15) is 6.04 Å². The van der Waals surface area contributed by atoms with Gasteiger partial charge in [-0.05, 0) is 43.9 Å². The molecule has 2 saturated heterocycles. The molecule has 2 amide bonds. The third-order valence-electron chi connectivity index (χ3n) is 4.93. The van der Waals surface area contributed by atoms with Crippen LogP contribution in [-0.2, 0) is 9.59 Å². The summed E-state index contributed by atoms with van der Waals surface area (Å²) >= 11 is 3.44. The van der Waals surface area contributed by atoms with Gasteiger partial charge >= 0.3 is 0 Å². The van der Waals surface area contributed by atoms with Crippen LogP contribution in [0.15, 0.2) is 28.7 Å². The van der Waals surface area contributed by atoms with Crippen molar-refractivity contribution in [2.24, 2.45) is 5.92 Å². The second kappa shape index (κ2) is 8.29. The highest BCUT2D eigenvalue weighted by Gasteiger charge is 2.35. The molecule has 25 heavy (non-hydrogen) atoms. The molecule has 0 bridgehead atoms. The molecule has 2 aliphatic rings. The topological polar surface area (TPSA) is 73.5 Å². The number of amides is 2. The van der Waals surface area contributed by atoms with E-state index < -0.39 is 0 Å². The van der Waals surface area contributed by atoms with E-state index >= 15 is 0 Å². The summed E-state index contributed by atoms with van der Waals surface area (Å²) in [5.74, 6) is 0.0561. The first-order valence-corrected chi connectivity index (χ1v) is 9.70. The highest BCUT2D eigenvalue weighted by Crippen LogP contribution is 2.26. The van der Waals surface area contributed by atoms with E-state index in [1.54, 1.807) is 0 Å². The number of piperidine rings is 1. The lowest BCUT2D eigenvalue weighted by molar-refractivity contribution is -0.137. The van der Waals surface area contributed by atoms with Crippen LogP contribution in [0.5, 0.6) is 0 Å². The lowest BCUT2D eigenvalue weighted by atomic mass is 9.95. The normalized spacial score (nSPS) is 26.5. The van der Waals surface area contributed by atoms with Crippen molar-refractivity contribution >= 4 is 27.7 Å². The van der Waals surface area contributed by atoms with Crippen molar-refractivity contribution in [1.82, 2.24) is 21.1 Å². The first-order chi connectivity index (χ1) is 12.1. The minimum Gasteiger partial charge on any atom is -0.356 e. The molecule has 0 aromatic heterocycles. The minimum atomic E-state index is -0.248. The maximum atomic E-state index is 12.8. The van der Waals surface area contributed by atoms with Crippen LogP contribution in [0.4, 0.5) is 0 Å². The SMILES string of the molecule is CCNC(=O)C1CCCN(C(=O)C2CC(c3ccc(Br)cc3)NN2)C1. The van der Waals surface area contributed by atoms with E-state index in [2.05, 4.69) is 44.2 Å². The summed E-state index contributed by atoms with van der Waals surface area (Å²) in [4.78, 5) is 26.8. The Labute approximate surface area is 156 Å². The van der Waals surface area contributed by atoms with Crippen molar-refractivity contribution in [2.75, 3.05) is 19.6 Å². The van der Waals surface area contributed by atoms with Crippen molar-refractivity contribution in [3.8, 4) is 0 Å². The molecule has 2 fully saturated rings. The maximum absolute atomic E-state index is 12.8. The molecular weight excluding hydrogens is 384 g/mol. The number of hydrogen-bond donors (Lipinski definition) is 3. The van der Waals surface area contributed by atoms with Gasteiger partial charge in [0, 0.05) is 30.1 Å². The number of hydrazine groups is 1. The number of hydrogen-bond acceptors (Lipinski definition) is 4. The Morgan fingerprint density at radius 2 is 2.04 bits per heavy atom. The minimum absolute atomic E-state index is 0.0604. The molecule has 6 nitrogen and oxygen atoms in total. The second-order valence-corrected chi connectivity index (χ2v) is 7.61. The Bertz CT molecular complexity index is 622. The quantitative estimate of drug-likeness (QED) is 0.709. The molecular formula is C18H25BrN4O2. The van der Waals surface area contributed by atoms with Gasteiger partial charge in [0.2, 0.25) is 11.8 Å². The average Bonchev–Trinajstić information content (AvgIpc) is 3.12. The zero-order chi connectivity index (χ0) is 17.8. The highest BCUT2D eigenvalue weighted by atomic mass is 79.9. The number of rotatable bonds is 4. The van der Waals surface area contributed by atoms with E-state index in [1.807, 2.05) is 24.0 Å². The summed E-state index contributed by atoms with van der Waals surface area (Å²) in [6, 6.07) is 8.00. The molecule has 0 aliphatic carbocycles. The van der Waals surface area contributed by atoms with E-state index in [9.17, 15) is 9.59 Å². The average molecular weight is 409 g/mol. The lowest BCUT2D eigenvalue weighted by Gasteiger charge is -2.33. The molecule has 2 heterocycles. The van der Waals surface area contributed by atoms with Crippen molar-refractivity contribution < 1.29 is 9.59 Å². The van der Waals surface area contributed by atoms with Crippen LogP contribution >= 0.6 is 15.9 Å². The van der Waals surface area contributed by atoms with Crippen molar-refractivity contribution in [3.63, 3.8) is 0 Å². The van der Waals surface area contributed by atoms with Crippen LogP contribution in [0.25, 0.3) is 0 Å². The van der Waals surface area contributed by atoms with Gasteiger partial charge in [-0.25, -0.2) is 10.9 Å². The van der Waals surface area contributed by atoms with Gasteiger partial charge in [-0.1, -0.05) is 28.1 Å². The Kier molecular flexibility index (Phi) is 6.09. The predicted octanol–water partition coefficient (Wildman–Crippen LogP) is 1.73. The summed E-state index contributed by atoms with van der Waals surface area (Å²) in [5, 5.41) is 2.87. The molecule has 136 valence electrons. The number of nitrogens with one attached hydrogen (secondary N) is 3. The van der Waals surface area contributed by atoms with Crippen LogP contribution < -0.4 is 16.2 Å². The zero-order valence-corrected chi connectivity index (χ0v) is 16.0. The van der Waals surface area contributed by atoms with Gasteiger partial charge in [0.15, 0.2) is 0 Å². The summed E-state index contributed by atoms with van der Waals surface area (Å²) in [6.07, 6.45) is 2.44. The molecule has 3 rings (SSSR count). The fourth-order valence-electron chi connectivity index (χ4n) is 3.56. The Morgan fingerprint density at radius 3 is 2.76 bits per heavy atom. The summed E-state index contributed by atoms with van der Waals surface area (Å²) in [6.45, 7) is 3.80. The van der Waals surface area contributed by atoms with E-state index in [4.69, 9.17) is 0 Å². The van der Waals surface area contributed by atoms with E-state index in [-0.39, 0.29) is 29.8 Å². The number of halogens is 1. The molecule has 0 saturated carbocycles. The van der Waals surface area contributed by atoms with Gasteiger partial charge in [-0.15, -0.1) is 0 Å². The van der Waals surface area contributed by atoms with Gasteiger partial charge in [0.25, 0.3) is 0 Å². The molecule has 3 atom stereocenters. The highest BCUT2D eigenvalue weighted by molar-refractivity contribution is 9.10. The standard InChI is InChI=1S/C18H25BrN4O2/c1-2-20-17(24)13-4-3-9-23(11-13)18(25)16-10-15(21-22-16)12-5-7-14(19)8-6-12/h5-8,13,15-16,21-22H,2-4,9-11H2,1H3,(H,20,24). The third-order valence-corrected chi connectivity index (χ3v) is 5.46. The second-order valence-electron chi connectivity index (χ2n) is 6.70. The molecule has 1 aromatic carbocycles. The Morgan fingerprint density at radius 1 is 1.28 bits per heavy atom. The van der Waals surface area contributed by atoms with Crippen molar-refractivity contribution in [1.29, 1.82) is 0 Å². The molecule has 2 aliphatic heterocycles. The van der Waals surface area contributed by atoms with Crippen LogP contribution in [0.2, 0.25) is 0 Å². The Balaban J connectivity index is 1.58. The van der Waals surface area contributed by atoms with Gasteiger partial charge < -0.3 is 10.2 Å². The first kappa shape index (κ1) is 18.4. The number of likely N-dealkylation sites (tertiary alicyclic amines) is 1. The maximum Gasteiger partial charge on any atom is 0.241 e. The predicted molar refractivity (Wildman–Crippen MR) is 99.5 cm³/mol. The monoisotopic (exact) mass is 408 g/mol. The van der Waals surface area contributed by atoms with Crippen LogP contribution in [0, 0.1) is 5.92 Å².